The lowest BCUT2D eigenvalue weighted by atomic mass is 10.2. The lowest BCUT2D eigenvalue weighted by Gasteiger charge is -2.10. The zero-order valence-electron chi connectivity index (χ0n) is 19.8. The van der Waals surface area contributed by atoms with E-state index >= 15 is 0 Å². The molecular formula is C25H23BrClN3O5S2. The summed E-state index contributed by atoms with van der Waals surface area (Å²) < 4.78 is 55.6. The molecule has 4 aromatic rings. The second-order valence-electron chi connectivity index (χ2n) is 8.45. The van der Waals surface area contributed by atoms with Gasteiger partial charge in [-0.25, -0.2) is 21.6 Å². The SMILES string of the molecule is Cc1cc(C)cc(S(=O)(=O)c2c(C(=O)NCCNS(=O)(=O)c3ccc(Br)cc3)[nH]c3ccc(Cl)cc23)c1. The van der Waals surface area contributed by atoms with Gasteiger partial charge in [0.05, 0.1) is 9.79 Å². The van der Waals surface area contributed by atoms with Gasteiger partial charge in [-0.3, -0.25) is 4.79 Å². The van der Waals surface area contributed by atoms with E-state index in [-0.39, 0.29) is 38.9 Å². The van der Waals surface area contributed by atoms with Crippen LogP contribution in [-0.2, 0) is 19.9 Å². The van der Waals surface area contributed by atoms with Crippen LogP contribution in [0.4, 0.5) is 0 Å². The molecule has 1 amide bonds. The molecule has 0 saturated heterocycles. The molecule has 37 heavy (non-hydrogen) atoms. The van der Waals surface area contributed by atoms with Crippen molar-refractivity contribution in [3.8, 4) is 0 Å². The third-order valence-electron chi connectivity index (χ3n) is 5.54. The molecule has 0 spiro atoms. The van der Waals surface area contributed by atoms with E-state index in [1.807, 2.05) is 6.07 Å². The highest BCUT2D eigenvalue weighted by atomic mass is 79.9. The van der Waals surface area contributed by atoms with Crippen LogP contribution in [0.3, 0.4) is 0 Å². The first-order chi connectivity index (χ1) is 17.4. The lowest BCUT2D eigenvalue weighted by molar-refractivity contribution is 0.0947. The van der Waals surface area contributed by atoms with Crippen LogP contribution in [-0.4, -0.2) is 40.8 Å². The number of aromatic amines is 1. The fraction of sp³-hybridized carbons (Fsp3) is 0.160. The summed E-state index contributed by atoms with van der Waals surface area (Å²) in [5.41, 5.74) is 1.79. The number of carbonyl (C=O) groups is 1. The summed E-state index contributed by atoms with van der Waals surface area (Å²) >= 11 is 9.41. The normalized spacial score (nSPS) is 12.1. The summed E-state index contributed by atoms with van der Waals surface area (Å²) in [5, 5.41) is 3.19. The van der Waals surface area contributed by atoms with Crippen molar-refractivity contribution in [2.75, 3.05) is 13.1 Å². The van der Waals surface area contributed by atoms with Crippen LogP contribution in [0, 0.1) is 13.8 Å². The Morgan fingerprint density at radius 1 is 0.892 bits per heavy atom. The average Bonchev–Trinajstić information content (AvgIpc) is 3.21. The third kappa shape index (κ3) is 5.91. The largest absolute Gasteiger partial charge is 0.349 e. The van der Waals surface area contributed by atoms with Crippen LogP contribution in [0.15, 0.2) is 79.8 Å². The predicted octanol–water partition coefficient (Wildman–Crippen LogP) is 4.74. The van der Waals surface area contributed by atoms with Crippen LogP contribution in [0.5, 0.6) is 0 Å². The van der Waals surface area contributed by atoms with Gasteiger partial charge in [-0.05, 0) is 79.6 Å². The van der Waals surface area contributed by atoms with Crippen LogP contribution < -0.4 is 10.0 Å². The van der Waals surface area contributed by atoms with E-state index in [9.17, 15) is 21.6 Å². The van der Waals surface area contributed by atoms with Crippen molar-refractivity contribution in [2.45, 2.75) is 28.5 Å². The molecule has 3 aromatic carbocycles. The Kier molecular flexibility index (Phi) is 7.82. The summed E-state index contributed by atoms with van der Waals surface area (Å²) in [6, 6.07) is 15.7. The second-order valence-corrected chi connectivity index (χ2v) is 13.5. The summed E-state index contributed by atoms with van der Waals surface area (Å²) in [6.07, 6.45) is 0. The number of nitrogens with one attached hydrogen (secondary N) is 3. The first-order valence-electron chi connectivity index (χ1n) is 11.1. The smallest absolute Gasteiger partial charge is 0.269 e. The number of benzene rings is 3. The number of aryl methyl sites for hydroxylation is 2. The maximum Gasteiger partial charge on any atom is 0.269 e. The van der Waals surface area contributed by atoms with E-state index in [2.05, 4.69) is 31.0 Å². The van der Waals surface area contributed by atoms with E-state index in [0.717, 1.165) is 15.6 Å². The van der Waals surface area contributed by atoms with Crippen molar-refractivity contribution in [3.63, 3.8) is 0 Å². The summed E-state index contributed by atoms with van der Waals surface area (Å²) in [5.74, 6) is -0.696. The maximum absolute atomic E-state index is 13.8. The maximum atomic E-state index is 13.8. The first-order valence-corrected chi connectivity index (χ1v) is 15.2. The van der Waals surface area contributed by atoms with Crippen LogP contribution in [0.25, 0.3) is 10.9 Å². The Morgan fingerprint density at radius 2 is 1.54 bits per heavy atom. The van der Waals surface area contributed by atoms with Crippen molar-refractivity contribution in [2.24, 2.45) is 0 Å². The molecule has 12 heteroatoms. The Bertz CT molecular complexity index is 1700. The van der Waals surface area contributed by atoms with Gasteiger partial charge in [-0.15, -0.1) is 0 Å². The van der Waals surface area contributed by atoms with Gasteiger partial charge in [-0.2, -0.15) is 0 Å². The van der Waals surface area contributed by atoms with Gasteiger partial charge >= 0.3 is 0 Å². The number of fused-ring (bicyclic) bond motifs is 1. The molecular weight excluding hydrogens is 602 g/mol. The third-order valence-corrected chi connectivity index (χ3v) is 9.60. The van der Waals surface area contributed by atoms with E-state index in [0.29, 0.717) is 10.5 Å². The minimum absolute atomic E-state index is 0.0576. The van der Waals surface area contributed by atoms with Crippen LogP contribution >= 0.6 is 27.5 Å². The molecule has 0 saturated carbocycles. The summed E-state index contributed by atoms with van der Waals surface area (Å²) in [6.45, 7) is 3.41. The summed E-state index contributed by atoms with van der Waals surface area (Å²) in [7, 11) is -7.90. The molecule has 0 fully saturated rings. The Morgan fingerprint density at radius 3 is 2.19 bits per heavy atom. The zero-order valence-corrected chi connectivity index (χ0v) is 23.8. The van der Waals surface area contributed by atoms with Gasteiger partial charge in [0.1, 0.15) is 10.6 Å². The molecule has 0 bridgehead atoms. The number of aromatic nitrogens is 1. The molecule has 8 nitrogen and oxygen atoms in total. The predicted molar refractivity (Wildman–Crippen MR) is 146 cm³/mol. The van der Waals surface area contributed by atoms with E-state index in [4.69, 9.17) is 11.6 Å². The van der Waals surface area contributed by atoms with Gasteiger partial charge in [0.15, 0.2) is 0 Å². The van der Waals surface area contributed by atoms with E-state index in [1.54, 1.807) is 50.2 Å². The Labute approximate surface area is 228 Å². The van der Waals surface area contributed by atoms with Gasteiger partial charge in [0, 0.05) is 33.5 Å². The Hall–Kier alpha value is -2.70. The van der Waals surface area contributed by atoms with Crippen molar-refractivity contribution >= 4 is 64.2 Å². The number of amides is 1. The minimum atomic E-state index is -4.12. The molecule has 4 rings (SSSR count). The van der Waals surface area contributed by atoms with Crippen LogP contribution in [0.1, 0.15) is 21.6 Å². The van der Waals surface area contributed by atoms with E-state index < -0.39 is 25.8 Å². The van der Waals surface area contributed by atoms with E-state index in [1.165, 1.54) is 18.2 Å². The van der Waals surface area contributed by atoms with Gasteiger partial charge < -0.3 is 10.3 Å². The quantitative estimate of drug-likeness (QED) is 0.244. The van der Waals surface area contributed by atoms with Crippen molar-refractivity contribution in [3.05, 3.63) is 87.0 Å². The average molecular weight is 625 g/mol. The molecule has 3 N–H and O–H groups in total. The monoisotopic (exact) mass is 623 g/mol. The number of sulfone groups is 1. The van der Waals surface area contributed by atoms with Gasteiger partial charge in [0.2, 0.25) is 19.9 Å². The second kappa shape index (κ2) is 10.6. The highest BCUT2D eigenvalue weighted by Gasteiger charge is 2.30. The number of hydrogen-bond acceptors (Lipinski definition) is 5. The molecule has 0 aliphatic heterocycles. The fourth-order valence-corrected chi connectivity index (χ4v) is 7.19. The lowest BCUT2D eigenvalue weighted by Crippen LogP contribution is -2.35. The molecule has 0 aliphatic rings. The van der Waals surface area contributed by atoms with Gasteiger partial charge in [0.25, 0.3) is 5.91 Å². The number of H-pyrrole nitrogens is 1. The number of rotatable bonds is 8. The number of carbonyl (C=O) groups excluding carboxylic acids is 1. The number of sulfonamides is 1. The molecule has 0 unspecified atom stereocenters. The highest BCUT2D eigenvalue weighted by Crippen LogP contribution is 2.34. The Balaban J connectivity index is 1.61. The van der Waals surface area contributed by atoms with Crippen LogP contribution in [0.2, 0.25) is 5.02 Å². The standard InChI is InChI=1S/C25H23BrClN3O5S2/c1-15-11-16(2)13-20(12-15)36(32,33)24-21-14-18(27)5-8-22(21)30-23(24)25(31)28-9-10-29-37(34,35)19-6-3-17(26)4-7-19/h3-8,11-14,29-30H,9-10H2,1-2H3,(H,28,31). The van der Waals surface area contributed by atoms with Crippen molar-refractivity contribution < 1.29 is 21.6 Å². The van der Waals surface area contributed by atoms with Gasteiger partial charge in [-0.1, -0.05) is 33.6 Å². The first kappa shape index (κ1) is 27.3. The zero-order chi connectivity index (χ0) is 27.0. The number of hydrogen-bond donors (Lipinski definition) is 3. The topological polar surface area (TPSA) is 125 Å². The molecule has 1 heterocycles. The summed E-state index contributed by atoms with van der Waals surface area (Å²) in [4.78, 5) is 16.0. The van der Waals surface area contributed by atoms with Crippen molar-refractivity contribution in [1.29, 1.82) is 0 Å². The van der Waals surface area contributed by atoms with Crippen molar-refractivity contribution in [1.82, 2.24) is 15.0 Å². The molecule has 1 aromatic heterocycles. The fourth-order valence-electron chi connectivity index (χ4n) is 3.93. The molecule has 194 valence electrons. The number of halogens is 2. The molecule has 0 atom stereocenters. The highest BCUT2D eigenvalue weighted by molar-refractivity contribution is 9.10. The molecule has 0 aliphatic carbocycles. The minimum Gasteiger partial charge on any atom is -0.349 e. The molecule has 0 radical (unpaired) electrons.